The molecule has 1 aromatic heterocycles. The average molecular weight is 403 g/mol. The number of hydrogen-bond acceptors (Lipinski definition) is 6. The van der Waals surface area contributed by atoms with E-state index >= 15 is 0 Å². The summed E-state index contributed by atoms with van der Waals surface area (Å²) in [5, 5.41) is 0.754. The molecule has 0 fully saturated rings. The standard InChI is InChI=1S/C22H29NO6/c1-7-27-19(24)18(20(25)28-8-2)17(21(26)29-22(3,4)5)15-13-23(6)16-12-10-9-11-14(15)16/h9-13,17-18H,7-8H2,1-6H3/t17-/m0/s1. The quantitative estimate of drug-likeness (QED) is 0.400. The highest BCUT2D eigenvalue weighted by Crippen LogP contribution is 2.35. The summed E-state index contributed by atoms with van der Waals surface area (Å²) >= 11 is 0. The lowest BCUT2D eigenvalue weighted by Gasteiger charge is -2.27. The van der Waals surface area contributed by atoms with Crippen LogP contribution in [0.1, 0.15) is 46.1 Å². The number of carbonyl (C=O) groups is 3. The molecule has 0 unspecified atom stereocenters. The van der Waals surface area contributed by atoms with Crippen molar-refractivity contribution in [3.8, 4) is 0 Å². The molecule has 7 heteroatoms. The minimum Gasteiger partial charge on any atom is -0.465 e. The van der Waals surface area contributed by atoms with Gasteiger partial charge in [-0.15, -0.1) is 0 Å². The van der Waals surface area contributed by atoms with Gasteiger partial charge in [0.1, 0.15) is 11.5 Å². The second-order valence-electron chi connectivity index (χ2n) is 7.71. The summed E-state index contributed by atoms with van der Waals surface area (Å²) < 4.78 is 17.7. The highest BCUT2D eigenvalue weighted by Gasteiger charge is 2.45. The Balaban J connectivity index is 2.68. The van der Waals surface area contributed by atoms with Crippen LogP contribution >= 0.6 is 0 Å². The molecule has 2 aromatic rings. The Morgan fingerprint density at radius 1 is 0.966 bits per heavy atom. The fraction of sp³-hybridized carbons (Fsp3) is 0.500. The first kappa shape index (κ1) is 22.5. The third-order valence-corrected chi connectivity index (χ3v) is 4.34. The number of nitrogens with zero attached hydrogens (tertiary/aromatic N) is 1. The molecule has 0 amide bonds. The minimum atomic E-state index is -1.46. The topological polar surface area (TPSA) is 83.8 Å². The van der Waals surface area contributed by atoms with E-state index in [4.69, 9.17) is 14.2 Å². The number of carbonyl (C=O) groups excluding carboxylic acids is 3. The molecule has 7 nitrogen and oxygen atoms in total. The molecule has 1 atom stereocenters. The Morgan fingerprint density at radius 2 is 1.52 bits per heavy atom. The smallest absolute Gasteiger partial charge is 0.321 e. The van der Waals surface area contributed by atoms with Gasteiger partial charge in [0, 0.05) is 24.1 Å². The number of aromatic nitrogens is 1. The maximum Gasteiger partial charge on any atom is 0.321 e. The number of rotatable bonds is 7. The monoisotopic (exact) mass is 403 g/mol. The Kier molecular flexibility index (Phi) is 7.06. The highest BCUT2D eigenvalue weighted by molar-refractivity contribution is 6.03. The van der Waals surface area contributed by atoms with E-state index < -0.39 is 35.3 Å². The van der Waals surface area contributed by atoms with E-state index in [1.54, 1.807) is 40.8 Å². The van der Waals surface area contributed by atoms with Crippen LogP contribution in [-0.4, -0.2) is 41.3 Å². The molecule has 0 aliphatic rings. The van der Waals surface area contributed by atoms with Crippen molar-refractivity contribution in [2.45, 2.75) is 46.1 Å². The Labute approximate surface area is 170 Å². The minimum absolute atomic E-state index is 0.0747. The molecule has 0 radical (unpaired) electrons. The van der Waals surface area contributed by atoms with Crippen molar-refractivity contribution < 1.29 is 28.6 Å². The zero-order valence-corrected chi connectivity index (χ0v) is 17.9. The van der Waals surface area contributed by atoms with Gasteiger partial charge in [0.15, 0.2) is 5.92 Å². The van der Waals surface area contributed by atoms with Crippen LogP contribution in [0.25, 0.3) is 10.9 Å². The third kappa shape index (κ3) is 5.16. The van der Waals surface area contributed by atoms with Crippen LogP contribution in [0.4, 0.5) is 0 Å². The van der Waals surface area contributed by atoms with Crippen molar-refractivity contribution in [3.63, 3.8) is 0 Å². The van der Waals surface area contributed by atoms with Crippen LogP contribution in [0.15, 0.2) is 30.5 Å². The molecule has 2 rings (SSSR count). The largest absolute Gasteiger partial charge is 0.465 e. The normalized spacial score (nSPS) is 12.7. The van der Waals surface area contributed by atoms with E-state index in [9.17, 15) is 14.4 Å². The molecule has 0 aliphatic heterocycles. The fourth-order valence-electron chi connectivity index (χ4n) is 3.26. The number of para-hydroxylation sites is 1. The molecular formula is C22H29NO6. The fourth-order valence-corrected chi connectivity index (χ4v) is 3.26. The van der Waals surface area contributed by atoms with Crippen LogP contribution < -0.4 is 0 Å². The van der Waals surface area contributed by atoms with E-state index in [0.717, 1.165) is 10.9 Å². The summed E-state index contributed by atoms with van der Waals surface area (Å²) in [5.41, 5.74) is 0.583. The van der Waals surface area contributed by atoms with Crippen LogP contribution in [0.3, 0.4) is 0 Å². The Bertz CT molecular complexity index is 874. The lowest BCUT2D eigenvalue weighted by Crippen LogP contribution is -2.39. The second kappa shape index (κ2) is 9.11. The van der Waals surface area contributed by atoms with E-state index in [1.807, 2.05) is 35.9 Å². The van der Waals surface area contributed by atoms with Crippen LogP contribution in [0, 0.1) is 5.92 Å². The summed E-state index contributed by atoms with van der Waals surface area (Å²) in [6.45, 7) is 8.62. The van der Waals surface area contributed by atoms with E-state index in [0.29, 0.717) is 5.56 Å². The molecule has 0 bridgehead atoms. The van der Waals surface area contributed by atoms with Gasteiger partial charge in [0.25, 0.3) is 0 Å². The molecule has 1 heterocycles. The maximum absolute atomic E-state index is 13.2. The predicted molar refractivity (Wildman–Crippen MR) is 108 cm³/mol. The summed E-state index contributed by atoms with van der Waals surface area (Å²) in [6.07, 6.45) is 1.74. The number of hydrogen-bond donors (Lipinski definition) is 0. The number of esters is 3. The van der Waals surface area contributed by atoms with Crippen molar-refractivity contribution in [3.05, 3.63) is 36.0 Å². The molecule has 29 heavy (non-hydrogen) atoms. The van der Waals surface area contributed by atoms with Gasteiger partial charge in [0.2, 0.25) is 0 Å². The van der Waals surface area contributed by atoms with Crippen molar-refractivity contribution >= 4 is 28.8 Å². The van der Waals surface area contributed by atoms with Gasteiger partial charge in [0.05, 0.1) is 13.2 Å². The highest BCUT2D eigenvalue weighted by atomic mass is 16.6. The first-order chi connectivity index (χ1) is 13.6. The Hall–Kier alpha value is -2.83. The first-order valence-electron chi connectivity index (χ1n) is 9.70. The third-order valence-electron chi connectivity index (χ3n) is 4.34. The lowest BCUT2D eigenvalue weighted by atomic mass is 9.85. The molecule has 0 N–H and O–H groups in total. The number of ether oxygens (including phenoxy) is 3. The van der Waals surface area contributed by atoms with Gasteiger partial charge in [-0.05, 0) is 46.2 Å². The van der Waals surface area contributed by atoms with Crippen LogP contribution in [-0.2, 0) is 35.6 Å². The lowest BCUT2D eigenvalue weighted by molar-refractivity contribution is -0.172. The van der Waals surface area contributed by atoms with Gasteiger partial charge >= 0.3 is 17.9 Å². The maximum atomic E-state index is 13.2. The molecule has 0 saturated carbocycles. The number of benzene rings is 1. The number of aryl methyl sites for hydroxylation is 1. The number of fused-ring (bicyclic) bond motifs is 1. The van der Waals surface area contributed by atoms with Crippen molar-refractivity contribution in [2.24, 2.45) is 13.0 Å². The van der Waals surface area contributed by atoms with E-state index in [1.165, 1.54) is 0 Å². The van der Waals surface area contributed by atoms with E-state index in [-0.39, 0.29) is 13.2 Å². The Morgan fingerprint density at radius 3 is 2.03 bits per heavy atom. The van der Waals surface area contributed by atoms with Gasteiger partial charge in [-0.2, -0.15) is 0 Å². The molecule has 158 valence electrons. The van der Waals surface area contributed by atoms with Crippen LogP contribution in [0.2, 0.25) is 0 Å². The van der Waals surface area contributed by atoms with Gasteiger partial charge in [-0.1, -0.05) is 18.2 Å². The summed E-state index contributed by atoms with van der Waals surface area (Å²) in [4.78, 5) is 38.7. The average Bonchev–Trinajstić information content (AvgIpc) is 2.95. The van der Waals surface area contributed by atoms with E-state index in [2.05, 4.69) is 0 Å². The van der Waals surface area contributed by atoms with Gasteiger partial charge < -0.3 is 18.8 Å². The predicted octanol–water partition coefficient (Wildman–Crippen LogP) is 3.35. The second-order valence-corrected chi connectivity index (χ2v) is 7.71. The molecule has 0 aliphatic carbocycles. The molecule has 0 saturated heterocycles. The summed E-state index contributed by atoms with van der Waals surface area (Å²) in [6, 6.07) is 7.45. The summed E-state index contributed by atoms with van der Waals surface area (Å²) in [7, 11) is 1.84. The first-order valence-corrected chi connectivity index (χ1v) is 9.70. The molecule has 0 spiro atoms. The van der Waals surface area contributed by atoms with Crippen LogP contribution in [0.5, 0.6) is 0 Å². The zero-order valence-electron chi connectivity index (χ0n) is 17.9. The SMILES string of the molecule is CCOC(=O)C(C(=O)OCC)[C@@H](C(=O)OC(C)(C)C)c1cn(C)c2ccccc12. The van der Waals surface area contributed by atoms with Gasteiger partial charge in [-0.25, -0.2) is 0 Å². The summed E-state index contributed by atoms with van der Waals surface area (Å²) in [5.74, 6) is -4.96. The van der Waals surface area contributed by atoms with Crippen molar-refractivity contribution in [2.75, 3.05) is 13.2 Å². The van der Waals surface area contributed by atoms with Gasteiger partial charge in [-0.3, -0.25) is 14.4 Å². The zero-order chi connectivity index (χ0) is 21.8. The molecule has 1 aromatic carbocycles. The molecular weight excluding hydrogens is 374 g/mol. The van der Waals surface area contributed by atoms with Crippen molar-refractivity contribution in [1.29, 1.82) is 0 Å². The van der Waals surface area contributed by atoms with Crippen molar-refractivity contribution in [1.82, 2.24) is 4.57 Å².